The number of fused-ring (bicyclic) bond motifs is 2. The Kier molecular flexibility index (Phi) is 2.17. The van der Waals surface area contributed by atoms with Gasteiger partial charge in [-0.2, -0.15) is 0 Å². The van der Waals surface area contributed by atoms with Crippen molar-refractivity contribution in [3.05, 3.63) is 59.2 Å². The molecule has 0 fully saturated rings. The molecule has 0 unspecified atom stereocenters. The molecule has 0 aliphatic carbocycles. The molecule has 1 heterocycles. The van der Waals surface area contributed by atoms with Gasteiger partial charge in [-0.25, -0.2) is 0 Å². The Bertz CT molecular complexity index is 529. The van der Waals surface area contributed by atoms with E-state index in [1.807, 2.05) is 12.1 Å². The number of hydrogen-bond donors (Lipinski definition) is 0. The largest absolute Gasteiger partial charge is 0.457 e. The summed E-state index contributed by atoms with van der Waals surface area (Å²) >= 11 is 0. The first-order valence-electron chi connectivity index (χ1n) is 5.68. The molecular formula is C15H14O. The quantitative estimate of drug-likeness (QED) is 0.641. The Balaban J connectivity index is 2.08. The van der Waals surface area contributed by atoms with Gasteiger partial charge in [0, 0.05) is 0 Å². The Morgan fingerprint density at radius 2 is 1.62 bits per heavy atom. The van der Waals surface area contributed by atoms with E-state index < -0.39 is 0 Å². The van der Waals surface area contributed by atoms with Crippen molar-refractivity contribution >= 4 is 0 Å². The van der Waals surface area contributed by atoms with E-state index in [4.69, 9.17) is 4.74 Å². The zero-order chi connectivity index (χ0) is 11.0. The lowest BCUT2D eigenvalue weighted by atomic mass is 10.0. The minimum atomic E-state index is 1.00. The summed E-state index contributed by atoms with van der Waals surface area (Å²) in [5.74, 6) is 2.01. The molecule has 2 aromatic rings. The topological polar surface area (TPSA) is 9.23 Å². The van der Waals surface area contributed by atoms with Crippen LogP contribution in [0.2, 0.25) is 0 Å². The first kappa shape index (κ1) is 9.46. The maximum absolute atomic E-state index is 5.96. The molecule has 0 spiro atoms. The lowest BCUT2D eigenvalue weighted by molar-refractivity contribution is 0.479. The monoisotopic (exact) mass is 210 g/mol. The summed E-state index contributed by atoms with van der Waals surface area (Å²) in [5, 5.41) is 0. The van der Waals surface area contributed by atoms with Gasteiger partial charge >= 0.3 is 0 Å². The fourth-order valence-electron chi connectivity index (χ4n) is 2.20. The SMILES string of the molecule is Cc1ccc2c(c1)CCc1ccccc1O2. The summed E-state index contributed by atoms with van der Waals surface area (Å²) in [6, 6.07) is 14.7. The predicted octanol–water partition coefficient (Wildman–Crippen LogP) is 3.89. The molecule has 0 saturated heterocycles. The van der Waals surface area contributed by atoms with Crippen LogP contribution in [0, 0.1) is 6.92 Å². The average molecular weight is 210 g/mol. The molecule has 0 N–H and O–H groups in total. The van der Waals surface area contributed by atoms with Crippen molar-refractivity contribution < 1.29 is 4.74 Å². The van der Waals surface area contributed by atoms with Crippen LogP contribution >= 0.6 is 0 Å². The van der Waals surface area contributed by atoms with Crippen LogP contribution in [-0.4, -0.2) is 0 Å². The summed E-state index contributed by atoms with van der Waals surface area (Å²) in [6.45, 7) is 2.12. The highest BCUT2D eigenvalue weighted by atomic mass is 16.5. The van der Waals surface area contributed by atoms with Crippen molar-refractivity contribution in [2.24, 2.45) is 0 Å². The van der Waals surface area contributed by atoms with Crippen LogP contribution in [0.5, 0.6) is 11.5 Å². The number of rotatable bonds is 0. The third-order valence-electron chi connectivity index (χ3n) is 3.07. The van der Waals surface area contributed by atoms with E-state index in [0.717, 1.165) is 24.3 Å². The van der Waals surface area contributed by atoms with Gasteiger partial charge in [0.25, 0.3) is 0 Å². The van der Waals surface area contributed by atoms with Crippen LogP contribution in [-0.2, 0) is 12.8 Å². The normalized spacial score (nSPS) is 13.3. The van der Waals surface area contributed by atoms with Gasteiger partial charge in [-0.05, 0) is 43.0 Å². The van der Waals surface area contributed by atoms with Gasteiger partial charge in [-0.15, -0.1) is 0 Å². The first-order valence-corrected chi connectivity index (χ1v) is 5.68. The van der Waals surface area contributed by atoms with Gasteiger partial charge in [0.05, 0.1) is 0 Å². The number of para-hydroxylation sites is 1. The molecule has 0 radical (unpaired) electrons. The van der Waals surface area contributed by atoms with E-state index in [-0.39, 0.29) is 0 Å². The first-order chi connectivity index (χ1) is 7.83. The Labute approximate surface area is 95.7 Å². The molecule has 16 heavy (non-hydrogen) atoms. The van der Waals surface area contributed by atoms with Gasteiger partial charge < -0.3 is 4.74 Å². The van der Waals surface area contributed by atoms with Crippen molar-refractivity contribution in [1.29, 1.82) is 0 Å². The highest BCUT2D eigenvalue weighted by molar-refractivity contribution is 5.46. The van der Waals surface area contributed by atoms with Crippen molar-refractivity contribution in [3.63, 3.8) is 0 Å². The summed E-state index contributed by atoms with van der Waals surface area (Å²) in [6.07, 6.45) is 2.13. The lowest BCUT2D eigenvalue weighted by Crippen LogP contribution is -1.89. The van der Waals surface area contributed by atoms with Crippen molar-refractivity contribution in [2.45, 2.75) is 19.8 Å². The second-order valence-corrected chi connectivity index (χ2v) is 4.32. The average Bonchev–Trinajstić information content (AvgIpc) is 2.48. The second-order valence-electron chi connectivity index (χ2n) is 4.32. The standard InChI is InChI=1S/C15H14O/c1-11-6-9-15-13(10-11)8-7-12-4-2-3-5-14(12)16-15/h2-6,9-10H,7-8H2,1H3. The third kappa shape index (κ3) is 1.58. The Morgan fingerprint density at radius 3 is 2.56 bits per heavy atom. The molecule has 1 heteroatoms. The number of aryl methyl sites for hydroxylation is 3. The van der Waals surface area contributed by atoms with Gasteiger partial charge in [-0.1, -0.05) is 35.9 Å². The smallest absolute Gasteiger partial charge is 0.130 e. The molecule has 0 saturated carbocycles. The minimum absolute atomic E-state index is 1.00. The van der Waals surface area contributed by atoms with Crippen LogP contribution in [0.4, 0.5) is 0 Å². The van der Waals surface area contributed by atoms with E-state index in [1.54, 1.807) is 0 Å². The van der Waals surface area contributed by atoms with E-state index in [0.29, 0.717) is 0 Å². The minimum Gasteiger partial charge on any atom is -0.457 e. The van der Waals surface area contributed by atoms with Crippen molar-refractivity contribution in [2.75, 3.05) is 0 Å². The Hall–Kier alpha value is -1.76. The molecule has 0 atom stereocenters. The number of hydrogen-bond acceptors (Lipinski definition) is 1. The highest BCUT2D eigenvalue weighted by Gasteiger charge is 2.13. The molecule has 2 aromatic carbocycles. The predicted molar refractivity (Wildman–Crippen MR) is 65.1 cm³/mol. The van der Waals surface area contributed by atoms with E-state index in [1.165, 1.54) is 16.7 Å². The summed E-state index contributed by atoms with van der Waals surface area (Å²) < 4.78 is 5.96. The van der Waals surface area contributed by atoms with Crippen molar-refractivity contribution in [3.8, 4) is 11.5 Å². The molecule has 1 aliphatic rings. The van der Waals surface area contributed by atoms with E-state index in [9.17, 15) is 0 Å². The number of ether oxygens (including phenoxy) is 1. The van der Waals surface area contributed by atoms with Crippen LogP contribution in [0.1, 0.15) is 16.7 Å². The van der Waals surface area contributed by atoms with Gasteiger partial charge in [0.1, 0.15) is 11.5 Å². The zero-order valence-electron chi connectivity index (χ0n) is 9.36. The molecule has 1 aliphatic heterocycles. The summed E-state index contributed by atoms with van der Waals surface area (Å²) in [5.41, 5.74) is 3.92. The van der Waals surface area contributed by atoms with Crippen LogP contribution in [0.3, 0.4) is 0 Å². The maximum atomic E-state index is 5.96. The summed E-state index contributed by atoms with van der Waals surface area (Å²) in [4.78, 5) is 0. The second kappa shape index (κ2) is 3.67. The van der Waals surface area contributed by atoms with Crippen LogP contribution < -0.4 is 4.74 Å². The lowest BCUT2D eigenvalue weighted by Gasteiger charge is -2.08. The van der Waals surface area contributed by atoms with E-state index in [2.05, 4.69) is 37.3 Å². The molecule has 1 nitrogen and oxygen atoms in total. The highest BCUT2D eigenvalue weighted by Crippen LogP contribution is 2.33. The molecule has 0 aromatic heterocycles. The number of benzene rings is 2. The molecule has 3 rings (SSSR count). The van der Waals surface area contributed by atoms with Crippen molar-refractivity contribution in [1.82, 2.24) is 0 Å². The third-order valence-corrected chi connectivity index (χ3v) is 3.07. The van der Waals surface area contributed by atoms with Gasteiger partial charge in [0.2, 0.25) is 0 Å². The van der Waals surface area contributed by atoms with Gasteiger partial charge in [-0.3, -0.25) is 0 Å². The summed E-state index contributed by atoms with van der Waals surface area (Å²) in [7, 11) is 0. The molecule has 0 bridgehead atoms. The van der Waals surface area contributed by atoms with Gasteiger partial charge in [0.15, 0.2) is 0 Å². The zero-order valence-corrected chi connectivity index (χ0v) is 9.36. The Morgan fingerprint density at radius 1 is 0.875 bits per heavy atom. The van der Waals surface area contributed by atoms with E-state index >= 15 is 0 Å². The maximum Gasteiger partial charge on any atom is 0.130 e. The van der Waals surface area contributed by atoms with Crippen LogP contribution in [0.15, 0.2) is 42.5 Å². The molecular weight excluding hydrogens is 196 g/mol. The molecule has 0 amide bonds. The fraction of sp³-hybridized carbons (Fsp3) is 0.200. The molecule has 80 valence electrons. The van der Waals surface area contributed by atoms with Crippen LogP contribution in [0.25, 0.3) is 0 Å². The fourth-order valence-corrected chi connectivity index (χ4v) is 2.20.